The Balaban J connectivity index is 2.04. The van der Waals surface area contributed by atoms with Crippen molar-refractivity contribution >= 4 is 39.1 Å². The van der Waals surface area contributed by atoms with Crippen LogP contribution in [-0.4, -0.2) is 12.5 Å². The second-order valence-corrected chi connectivity index (χ2v) is 5.91. The molecule has 2 atom stereocenters. The Morgan fingerprint density at radius 3 is 2.94 bits per heavy atom. The summed E-state index contributed by atoms with van der Waals surface area (Å²) in [6.45, 7) is 0.586. The average Bonchev–Trinajstić information content (AvgIpc) is 2.82. The highest BCUT2D eigenvalue weighted by Gasteiger charge is 2.31. The van der Waals surface area contributed by atoms with Crippen molar-refractivity contribution in [3.05, 3.63) is 27.7 Å². The van der Waals surface area contributed by atoms with E-state index >= 15 is 0 Å². The Bertz CT molecular complexity index is 453. The maximum Gasteiger partial charge on any atom is 0.227 e. The number of anilines is 1. The third-order valence-electron chi connectivity index (χ3n) is 3.49. The van der Waals surface area contributed by atoms with Gasteiger partial charge >= 0.3 is 0 Å². The van der Waals surface area contributed by atoms with Crippen molar-refractivity contribution in [3.63, 3.8) is 0 Å². The Labute approximate surface area is 120 Å². The van der Waals surface area contributed by atoms with Gasteiger partial charge in [-0.25, -0.2) is 0 Å². The fraction of sp³-hybridized carbons (Fsp3) is 0.462. The predicted octanol–water partition coefficient (Wildman–Crippen LogP) is 3.42. The van der Waals surface area contributed by atoms with Gasteiger partial charge in [-0.1, -0.05) is 18.0 Å². The maximum absolute atomic E-state index is 12.2. The van der Waals surface area contributed by atoms with Crippen LogP contribution in [0, 0.1) is 11.8 Å². The molecule has 1 saturated carbocycles. The molecule has 0 aromatic heterocycles. The first kappa shape index (κ1) is 13.8. The highest BCUT2D eigenvalue weighted by molar-refractivity contribution is 9.10. The summed E-state index contributed by atoms with van der Waals surface area (Å²) < 4.78 is 0.781. The first-order valence-electron chi connectivity index (χ1n) is 6.08. The van der Waals surface area contributed by atoms with E-state index in [1.165, 1.54) is 0 Å². The van der Waals surface area contributed by atoms with Crippen LogP contribution in [0.15, 0.2) is 22.7 Å². The van der Waals surface area contributed by atoms with Crippen LogP contribution in [-0.2, 0) is 4.79 Å². The predicted molar refractivity (Wildman–Crippen MR) is 77.7 cm³/mol. The van der Waals surface area contributed by atoms with Crippen LogP contribution in [0.3, 0.4) is 0 Å². The average molecular weight is 332 g/mol. The Morgan fingerprint density at radius 1 is 1.50 bits per heavy atom. The van der Waals surface area contributed by atoms with E-state index in [1.807, 2.05) is 6.07 Å². The minimum atomic E-state index is 0.0458. The third-order valence-corrected chi connectivity index (χ3v) is 4.70. The number of hydrogen-bond donors (Lipinski definition) is 2. The summed E-state index contributed by atoms with van der Waals surface area (Å²) in [7, 11) is 0. The molecule has 0 spiro atoms. The molecule has 18 heavy (non-hydrogen) atoms. The number of amides is 1. The van der Waals surface area contributed by atoms with Crippen molar-refractivity contribution in [2.24, 2.45) is 17.6 Å². The van der Waals surface area contributed by atoms with Crippen LogP contribution >= 0.6 is 27.5 Å². The topological polar surface area (TPSA) is 55.1 Å². The Morgan fingerprint density at radius 2 is 2.28 bits per heavy atom. The first-order valence-corrected chi connectivity index (χ1v) is 7.25. The number of nitrogens with one attached hydrogen (secondary N) is 1. The molecule has 3 N–H and O–H groups in total. The number of carbonyl (C=O) groups is 1. The Kier molecular flexibility index (Phi) is 4.65. The van der Waals surface area contributed by atoms with Gasteiger partial charge in [0.2, 0.25) is 5.91 Å². The highest BCUT2D eigenvalue weighted by Crippen LogP contribution is 2.32. The molecule has 0 radical (unpaired) electrons. The molecule has 1 aliphatic carbocycles. The number of rotatable bonds is 3. The van der Waals surface area contributed by atoms with Crippen molar-refractivity contribution in [2.75, 3.05) is 11.9 Å². The molecule has 0 aliphatic heterocycles. The van der Waals surface area contributed by atoms with Gasteiger partial charge in [0.15, 0.2) is 0 Å². The van der Waals surface area contributed by atoms with E-state index in [0.29, 0.717) is 17.5 Å². The molecule has 0 bridgehead atoms. The quantitative estimate of drug-likeness (QED) is 0.891. The van der Waals surface area contributed by atoms with Crippen LogP contribution in [0.25, 0.3) is 0 Å². The van der Waals surface area contributed by atoms with Crippen LogP contribution in [0.5, 0.6) is 0 Å². The molecule has 1 fully saturated rings. The molecule has 0 saturated heterocycles. The maximum atomic E-state index is 12.2. The van der Waals surface area contributed by atoms with Crippen molar-refractivity contribution in [2.45, 2.75) is 19.3 Å². The summed E-state index contributed by atoms with van der Waals surface area (Å²) in [6, 6.07) is 5.38. The molecule has 1 aromatic carbocycles. The summed E-state index contributed by atoms with van der Waals surface area (Å²) in [4.78, 5) is 12.2. The molecule has 1 aliphatic rings. The molecule has 0 unspecified atom stereocenters. The third kappa shape index (κ3) is 3.05. The second kappa shape index (κ2) is 6.04. The molecular formula is C13H16BrClN2O. The molecule has 0 heterocycles. The van der Waals surface area contributed by atoms with Gasteiger partial charge in [-0.15, -0.1) is 0 Å². The monoisotopic (exact) mass is 330 g/mol. The van der Waals surface area contributed by atoms with E-state index in [4.69, 9.17) is 17.3 Å². The first-order chi connectivity index (χ1) is 8.61. The molecule has 2 rings (SSSR count). The Hall–Kier alpha value is -0.580. The van der Waals surface area contributed by atoms with E-state index in [-0.39, 0.29) is 11.8 Å². The zero-order valence-corrected chi connectivity index (χ0v) is 12.3. The van der Waals surface area contributed by atoms with E-state index in [2.05, 4.69) is 21.2 Å². The van der Waals surface area contributed by atoms with Crippen molar-refractivity contribution in [3.8, 4) is 0 Å². The van der Waals surface area contributed by atoms with Crippen LogP contribution in [0.2, 0.25) is 5.02 Å². The van der Waals surface area contributed by atoms with Gasteiger partial charge in [-0.3, -0.25) is 4.79 Å². The summed E-state index contributed by atoms with van der Waals surface area (Å²) in [6.07, 6.45) is 3.08. The zero-order chi connectivity index (χ0) is 13.1. The van der Waals surface area contributed by atoms with Crippen molar-refractivity contribution in [1.29, 1.82) is 0 Å². The lowest BCUT2D eigenvalue weighted by Gasteiger charge is -2.17. The standard InChI is InChI=1S/C13H16BrClN2O/c14-11-6-9(4-5-12(11)15)17-13(18)10-3-1-2-8(10)7-16/h4-6,8,10H,1-3,7,16H2,(H,17,18)/t8-,10-/m1/s1. The van der Waals surface area contributed by atoms with E-state index < -0.39 is 0 Å². The zero-order valence-electron chi connectivity index (χ0n) is 9.96. The molecule has 5 heteroatoms. The van der Waals surface area contributed by atoms with Gasteiger partial charge in [0.1, 0.15) is 0 Å². The van der Waals surface area contributed by atoms with Crippen LogP contribution in [0.1, 0.15) is 19.3 Å². The van der Waals surface area contributed by atoms with Gasteiger partial charge < -0.3 is 11.1 Å². The normalized spacial score (nSPS) is 23.1. The summed E-state index contributed by atoms with van der Waals surface area (Å²) >= 11 is 9.26. The molecule has 1 amide bonds. The smallest absolute Gasteiger partial charge is 0.227 e. The molecule has 1 aromatic rings. The fourth-order valence-electron chi connectivity index (χ4n) is 2.47. The van der Waals surface area contributed by atoms with Gasteiger partial charge in [0.25, 0.3) is 0 Å². The van der Waals surface area contributed by atoms with Crippen LogP contribution in [0.4, 0.5) is 5.69 Å². The highest BCUT2D eigenvalue weighted by atomic mass is 79.9. The number of halogens is 2. The fourth-order valence-corrected chi connectivity index (χ4v) is 2.97. The lowest BCUT2D eigenvalue weighted by Crippen LogP contribution is -2.29. The van der Waals surface area contributed by atoms with E-state index in [1.54, 1.807) is 12.1 Å². The molecule has 3 nitrogen and oxygen atoms in total. The number of carbonyl (C=O) groups excluding carboxylic acids is 1. The summed E-state index contributed by atoms with van der Waals surface area (Å²) in [5.41, 5.74) is 6.46. The van der Waals surface area contributed by atoms with Gasteiger partial charge in [0.05, 0.1) is 5.02 Å². The number of hydrogen-bond acceptors (Lipinski definition) is 2. The van der Waals surface area contributed by atoms with Gasteiger partial charge in [0, 0.05) is 16.1 Å². The minimum Gasteiger partial charge on any atom is -0.330 e. The lowest BCUT2D eigenvalue weighted by atomic mass is 9.95. The largest absolute Gasteiger partial charge is 0.330 e. The SMILES string of the molecule is NC[C@H]1CCC[C@H]1C(=O)Nc1ccc(Cl)c(Br)c1. The van der Waals surface area contributed by atoms with Crippen molar-refractivity contribution in [1.82, 2.24) is 0 Å². The number of nitrogens with two attached hydrogens (primary N) is 1. The lowest BCUT2D eigenvalue weighted by molar-refractivity contribution is -0.120. The van der Waals surface area contributed by atoms with Crippen LogP contribution < -0.4 is 11.1 Å². The van der Waals surface area contributed by atoms with Gasteiger partial charge in [-0.05, 0) is 59.4 Å². The second-order valence-electron chi connectivity index (χ2n) is 4.65. The van der Waals surface area contributed by atoms with E-state index in [9.17, 15) is 4.79 Å². The summed E-state index contributed by atoms with van der Waals surface area (Å²) in [5.74, 6) is 0.433. The minimum absolute atomic E-state index is 0.0458. The number of benzene rings is 1. The molecular weight excluding hydrogens is 316 g/mol. The summed E-state index contributed by atoms with van der Waals surface area (Å²) in [5, 5.41) is 3.57. The van der Waals surface area contributed by atoms with Gasteiger partial charge in [-0.2, -0.15) is 0 Å². The molecule has 98 valence electrons. The van der Waals surface area contributed by atoms with E-state index in [0.717, 1.165) is 29.4 Å². The van der Waals surface area contributed by atoms with Crippen molar-refractivity contribution < 1.29 is 4.79 Å².